The van der Waals surface area contributed by atoms with E-state index in [-0.39, 0.29) is 0 Å². The fourth-order valence-electron chi connectivity index (χ4n) is 1.23. The van der Waals surface area contributed by atoms with Gasteiger partial charge in [0.15, 0.2) is 0 Å². The Hall–Kier alpha value is -1.20. The molecule has 1 aromatic rings. The second kappa shape index (κ2) is 7.19. The van der Waals surface area contributed by atoms with Gasteiger partial charge >= 0.3 is 0 Å². The average Bonchev–Trinajstić information content (AvgIpc) is 2.29. The highest BCUT2D eigenvalue weighted by atomic mass is 32.1. The molecule has 94 valence electrons. The maximum absolute atomic E-state index is 5.46. The number of rotatable bonds is 7. The number of nitrogens with two attached hydrogens (primary N) is 1. The first-order valence-electron chi connectivity index (χ1n) is 5.67. The predicted octanol–water partition coefficient (Wildman–Crippen LogP) is 1.80. The first-order chi connectivity index (χ1) is 8.09. The SMILES string of the molecule is CC(C)COCCNc1ccc(C(N)=S)nc1. The number of ether oxygens (including phenoxy) is 1. The molecule has 1 rings (SSSR count). The van der Waals surface area contributed by atoms with Crippen molar-refractivity contribution in [2.24, 2.45) is 11.7 Å². The fraction of sp³-hybridized carbons (Fsp3) is 0.500. The Kier molecular flexibility index (Phi) is 5.86. The monoisotopic (exact) mass is 253 g/mol. The lowest BCUT2D eigenvalue weighted by Crippen LogP contribution is -2.13. The van der Waals surface area contributed by atoms with Gasteiger partial charge in [0.25, 0.3) is 0 Å². The van der Waals surface area contributed by atoms with E-state index in [0.29, 0.717) is 23.2 Å². The molecule has 3 N–H and O–H groups in total. The van der Waals surface area contributed by atoms with Crippen LogP contribution in [-0.2, 0) is 4.74 Å². The molecule has 0 saturated carbocycles. The second-order valence-corrected chi connectivity index (χ2v) is 4.63. The van der Waals surface area contributed by atoms with Gasteiger partial charge in [-0.05, 0) is 18.1 Å². The Labute approximate surface area is 108 Å². The normalized spacial score (nSPS) is 10.5. The zero-order valence-electron chi connectivity index (χ0n) is 10.3. The van der Waals surface area contributed by atoms with E-state index in [2.05, 4.69) is 24.1 Å². The molecule has 0 atom stereocenters. The quantitative estimate of drug-likeness (QED) is 0.573. The largest absolute Gasteiger partial charge is 0.388 e. The molecule has 5 heteroatoms. The third kappa shape index (κ3) is 5.60. The summed E-state index contributed by atoms with van der Waals surface area (Å²) in [6.45, 7) is 6.51. The minimum absolute atomic E-state index is 0.316. The summed E-state index contributed by atoms with van der Waals surface area (Å²) in [5.41, 5.74) is 7.04. The number of hydrogen-bond acceptors (Lipinski definition) is 4. The third-order valence-corrected chi connectivity index (χ3v) is 2.25. The van der Waals surface area contributed by atoms with Crippen molar-refractivity contribution in [2.45, 2.75) is 13.8 Å². The van der Waals surface area contributed by atoms with Crippen LogP contribution in [-0.4, -0.2) is 29.7 Å². The van der Waals surface area contributed by atoms with Crippen molar-refractivity contribution in [1.82, 2.24) is 4.98 Å². The molecule has 0 aromatic carbocycles. The highest BCUT2D eigenvalue weighted by Gasteiger charge is 1.98. The van der Waals surface area contributed by atoms with E-state index >= 15 is 0 Å². The molecule has 0 radical (unpaired) electrons. The zero-order valence-corrected chi connectivity index (χ0v) is 11.1. The molecule has 0 saturated heterocycles. The molecule has 4 nitrogen and oxygen atoms in total. The minimum Gasteiger partial charge on any atom is -0.388 e. The Balaban J connectivity index is 2.25. The molecule has 1 aromatic heterocycles. The summed E-state index contributed by atoms with van der Waals surface area (Å²) in [6.07, 6.45) is 1.72. The number of nitrogens with zero attached hydrogens (tertiary/aromatic N) is 1. The van der Waals surface area contributed by atoms with Gasteiger partial charge in [-0.2, -0.15) is 0 Å². The molecule has 0 spiro atoms. The van der Waals surface area contributed by atoms with Gasteiger partial charge in [0.2, 0.25) is 0 Å². The van der Waals surface area contributed by atoms with E-state index in [0.717, 1.165) is 18.8 Å². The lowest BCUT2D eigenvalue weighted by molar-refractivity contribution is 0.118. The summed E-state index contributed by atoms with van der Waals surface area (Å²) in [6, 6.07) is 3.71. The van der Waals surface area contributed by atoms with Crippen molar-refractivity contribution in [3.63, 3.8) is 0 Å². The van der Waals surface area contributed by atoms with Crippen LogP contribution in [0.3, 0.4) is 0 Å². The maximum atomic E-state index is 5.46. The van der Waals surface area contributed by atoms with E-state index < -0.39 is 0 Å². The second-order valence-electron chi connectivity index (χ2n) is 4.19. The zero-order chi connectivity index (χ0) is 12.7. The highest BCUT2D eigenvalue weighted by molar-refractivity contribution is 7.80. The average molecular weight is 253 g/mol. The lowest BCUT2D eigenvalue weighted by Gasteiger charge is -2.09. The van der Waals surface area contributed by atoms with E-state index in [1.807, 2.05) is 6.07 Å². The molecule has 0 bridgehead atoms. The molecule has 0 aliphatic heterocycles. The van der Waals surface area contributed by atoms with Gasteiger partial charge in [0, 0.05) is 13.2 Å². The van der Waals surface area contributed by atoms with Crippen molar-refractivity contribution >= 4 is 22.9 Å². The van der Waals surface area contributed by atoms with Crippen molar-refractivity contribution in [3.05, 3.63) is 24.0 Å². The van der Waals surface area contributed by atoms with Crippen molar-refractivity contribution in [3.8, 4) is 0 Å². The van der Waals surface area contributed by atoms with Crippen LogP contribution in [0.5, 0.6) is 0 Å². The molecule has 0 aliphatic rings. The fourth-order valence-corrected chi connectivity index (χ4v) is 1.35. The summed E-state index contributed by atoms with van der Waals surface area (Å²) in [4.78, 5) is 4.45. The van der Waals surface area contributed by atoms with Crippen LogP contribution in [0.15, 0.2) is 18.3 Å². The number of thiocarbonyl (C=S) groups is 1. The number of pyridine rings is 1. The van der Waals surface area contributed by atoms with E-state index in [9.17, 15) is 0 Å². The van der Waals surface area contributed by atoms with Gasteiger partial charge in [-0.3, -0.25) is 4.98 Å². The van der Waals surface area contributed by atoms with Gasteiger partial charge in [0.05, 0.1) is 24.2 Å². The van der Waals surface area contributed by atoms with Crippen LogP contribution >= 0.6 is 12.2 Å². The summed E-state index contributed by atoms with van der Waals surface area (Å²) in [7, 11) is 0. The van der Waals surface area contributed by atoms with Gasteiger partial charge < -0.3 is 15.8 Å². The third-order valence-electron chi connectivity index (χ3n) is 2.04. The smallest absolute Gasteiger partial charge is 0.122 e. The molecule has 17 heavy (non-hydrogen) atoms. The minimum atomic E-state index is 0.316. The highest BCUT2D eigenvalue weighted by Crippen LogP contribution is 2.05. The predicted molar refractivity (Wildman–Crippen MR) is 74.3 cm³/mol. The summed E-state index contributed by atoms with van der Waals surface area (Å²) >= 11 is 4.83. The molecule has 0 unspecified atom stereocenters. The summed E-state index contributed by atoms with van der Waals surface area (Å²) in [5.74, 6) is 0.571. The number of nitrogens with one attached hydrogen (secondary N) is 1. The molecule has 1 heterocycles. The van der Waals surface area contributed by atoms with Crippen LogP contribution in [0.4, 0.5) is 5.69 Å². The molecule has 0 aliphatic carbocycles. The first kappa shape index (κ1) is 13.9. The molecule has 0 amide bonds. The van der Waals surface area contributed by atoms with Crippen LogP contribution < -0.4 is 11.1 Å². The maximum Gasteiger partial charge on any atom is 0.122 e. The van der Waals surface area contributed by atoms with E-state index in [4.69, 9.17) is 22.7 Å². The molecular formula is C12H19N3OS. The summed E-state index contributed by atoms with van der Waals surface area (Å²) < 4.78 is 5.46. The van der Waals surface area contributed by atoms with Gasteiger partial charge in [-0.25, -0.2) is 0 Å². The van der Waals surface area contributed by atoms with Crippen molar-refractivity contribution in [2.75, 3.05) is 25.1 Å². The van der Waals surface area contributed by atoms with Gasteiger partial charge in [-0.15, -0.1) is 0 Å². The van der Waals surface area contributed by atoms with Crippen molar-refractivity contribution < 1.29 is 4.74 Å². The Morgan fingerprint density at radius 3 is 2.82 bits per heavy atom. The Morgan fingerprint density at radius 2 is 2.29 bits per heavy atom. The van der Waals surface area contributed by atoms with Gasteiger partial charge in [0.1, 0.15) is 4.99 Å². The topological polar surface area (TPSA) is 60.2 Å². The van der Waals surface area contributed by atoms with E-state index in [1.54, 1.807) is 12.3 Å². The number of hydrogen-bond donors (Lipinski definition) is 2. The van der Waals surface area contributed by atoms with Crippen LogP contribution in [0.2, 0.25) is 0 Å². The van der Waals surface area contributed by atoms with Crippen LogP contribution in [0.1, 0.15) is 19.5 Å². The summed E-state index contributed by atoms with van der Waals surface area (Å²) in [5, 5.41) is 3.21. The van der Waals surface area contributed by atoms with Gasteiger partial charge in [-0.1, -0.05) is 26.1 Å². The first-order valence-corrected chi connectivity index (χ1v) is 6.08. The molecular weight excluding hydrogens is 234 g/mol. The number of anilines is 1. The Bertz CT molecular complexity index is 351. The number of aromatic nitrogens is 1. The van der Waals surface area contributed by atoms with Crippen LogP contribution in [0.25, 0.3) is 0 Å². The lowest BCUT2D eigenvalue weighted by atomic mass is 10.2. The molecule has 0 fully saturated rings. The Morgan fingerprint density at radius 1 is 1.53 bits per heavy atom. The van der Waals surface area contributed by atoms with Crippen LogP contribution in [0, 0.1) is 5.92 Å². The van der Waals surface area contributed by atoms with Crippen molar-refractivity contribution in [1.29, 1.82) is 0 Å². The standard InChI is InChI=1S/C12H19N3OS/c1-9(2)8-16-6-5-14-10-3-4-11(12(13)17)15-7-10/h3-4,7,9,14H,5-6,8H2,1-2H3,(H2,13,17). The van der Waals surface area contributed by atoms with E-state index in [1.165, 1.54) is 0 Å².